The first kappa shape index (κ1) is 19.2. The number of amides is 2. The normalized spacial score (nSPS) is 15.8. The predicted octanol–water partition coefficient (Wildman–Crippen LogP) is 1.90. The van der Waals surface area contributed by atoms with Gasteiger partial charge in [0.15, 0.2) is 0 Å². The van der Waals surface area contributed by atoms with E-state index in [-0.39, 0.29) is 22.9 Å². The minimum absolute atomic E-state index is 0.0310. The minimum Gasteiger partial charge on any atom is -0.341 e. The lowest BCUT2D eigenvalue weighted by Gasteiger charge is -2.25. The molecule has 0 radical (unpaired) electrons. The van der Waals surface area contributed by atoms with E-state index in [1.54, 1.807) is 0 Å². The maximum Gasteiger partial charge on any atom is 0.323 e. The summed E-state index contributed by atoms with van der Waals surface area (Å²) in [5, 5.41) is 0. The summed E-state index contributed by atoms with van der Waals surface area (Å²) in [6.45, 7) is 8.71. The topological polar surface area (TPSA) is 89.3 Å². The zero-order valence-corrected chi connectivity index (χ0v) is 16.3. The van der Waals surface area contributed by atoms with Crippen molar-refractivity contribution in [2.24, 2.45) is 5.41 Å². The van der Waals surface area contributed by atoms with Crippen molar-refractivity contribution >= 4 is 22.8 Å². The van der Waals surface area contributed by atoms with Crippen molar-refractivity contribution in [2.75, 3.05) is 26.2 Å². The van der Waals surface area contributed by atoms with Crippen LogP contribution in [0.2, 0.25) is 0 Å². The molecular formula is C20H28N4O3. The number of rotatable bonds is 3. The lowest BCUT2D eigenvalue weighted by atomic mass is 9.91. The highest BCUT2D eigenvalue weighted by Crippen LogP contribution is 2.20. The summed E-state index contributed by atoms with van der Waals surface area (Å²) < 4.78 is 0. The summed E-state index contributed by atoms with van der Waals surface area (Å²) in [7, 11) is 0. The second-order valence-electron chi connectivity index (χ2n) is 8.49. The Bertz CT molecular complexity index is 890. The number of fused-ring (bicyclic) bond motifs is 1. The highest BCUT2D eigenvalue weighted by molar-refractivity contribution is 5.82. The Labute approximate surface area is 158 Å². The summed E-state index contributed by atoms with van der Waals surface area (Å²) in [4.78, 5) is 45.7. The number of nitrogens with one attached hydrogen (secondary N) is 2. The second kappa shape index (κ2) is 7.58. The quantitative estimate of drug-likeness (QED) is 0.862. The van der Waals surface area contributed by atoms with Gasteiger partial charge in [0, 0.05) is 32.6 Å². The smallest absolute Gasteiger partial charge is 0.323 e. The molecule has 2 amide bonds. The standard InChI is InChI=1S/C20H28N4O3/c1-20(2,3)13-18(26)24-8-4-7-23(9-10-24)17(25)12-14-5-6-15-16(11-14)22-19(27)21-15/h5-6,11H,4,7-10,12-13H2,1-3H3,(H2,21,22,27). The van der Waals surface area contributed by atoms with Crippen molar-refractivity contribution in [1.82, 2.24) is 19.8 Å². The van der Waals surface area contributed by atoms with Crippen molar-refractivity contribution < 1.29 is 9.59 Å². The molecular weight excluding hydrogens is 344 g/mol. The molecule has 0 atom stereocenters. The van der Waals surface area contributed by atoms with E-state index in [2.05, 4.69) is 30.7 Å². The van der Waals surface area contributed by atoms with E-state index in [1.807, 2.05) is 28.0 Å². The summed E-state index contributed by atoms with van der Waals surface area (Å²) >= 11 is 0. The molecule has 1 saturated heterocycles. The third-order valence-electron chi connectivity index (χ3n) is 4.82. The number of H-pyrrole nitrogens is 2. The van der Waals surface area contributed by atoms with Gasteiger partial charge in [0.1, 0.15) is 0 Å². The Morgan fingerprint density at radius 1 is 0.963 bits per heavy atom. The minimum atomic E-state index is -0.249. The SMILES string of the molecule is CC(C)(C)CC(=O)N1CCCN(C(=O)Cc2ccc3[nH]c(=O)[nH]c3c2)CC1. The van der Waals surface area contributed by atoms with Crippen LogP contribution in [0.15, 0.2) is 23.0 Å². The molecule has 2 N–H and O–H groups in total. The van der Waals surface area contributed by atoms with Gasteiger partial charge in [0.2, 0.25) is 11.8 Å². The van der Waals surface area contributed by atoms with E-state index in [9.17, 15) is 14.4 Å². The van der Waals surface area contributed by atoms with E-state index in [0.717, 1.165) is 17.5 Å². The van der Waals surface area contributed by atoms with Crippen molar-refractivity contribution in [1.29, 1.82) is 0 Å². The fourth-order valence-corrected chi connectivity index (χ4v) is 3.46. The van der Waals surface area contributed by atoms with Gasteiger partial charge in [0.05, 0.1) is 17.5 Å². The van der Waals surface area contributed by atoms with Gasteiger partial charge in [-0.2, -0.15) is 0 Å². The van der Waals surface area contributed by atoms with Gasteiger partial charge in [-0.1, -0.05) is 26.8 Å². The van der Waals surface area contributed by atoms with Gasteiger partial charge in [-0.3, -0.25) is 9.59 Å². The molecule has 0 unspecified atom stereocenters. The number of carbonyl (C=O) groups excluding carboxylic acids is 2. The fraction of sp³-hybridized carbons (Fsp3) is 0.550. The third kappa shape index (κ3) is 4.99. The van der Waals surface area contributed by atoms with Gasteiger partial charge < -0.3 is 19.8 Å². The molecule has 7 nitrogen and oxygen atoms in total. The van der Waals surface area contributed by atoms with Gasteiger partial charge in [0.25, 0.3) is 0 Å². The number of nitrogens with zero attached hydrogens (tertiary/aromatic N) is 2. The zero-order valence-electron chi connectivity index (χ0n) is 16.3. The Hall–Kier alpha value is -2.57. The summed E-state index contributed by atoms with van der Waals surface area (Å²) in [5.41, 5.74) is 2.03. The van der Waals surface area contributed by atoms with Crippen LogP contribution in [0.25, 0.3) is 11.0 Å². The van der Waals surface area contributed by atoms with E-state index >= 15 is 0 Å². The van der Waals surface area contributed by atoms with E-state index in [0.29, 0.717) is 44.5 Å². The second-order valence-corrected chi connectivity index (χ2v) is 8.49. The van der Waals surface area contributed by atoms with Gasteiger partial charge in [-0.15, -0.1) is 0 Å². The van der Waals surface area contributed by atoms with Crippen LogP contribution in [0.4, 0.5) is 0 Å². The molecule has 146 valence electrons. The predicted molar refractivity (Wildman–Crippen MR) is 104 cm³/mol. The first-order valence-electron chi connectivity index (χ1n) is 9.48. The van der Waals surface area contributed by atoms with Crippen molar-refractivity contribution in [3.05, 3.63) is 34.2 Å². The van der Waals surface area contributed by atoms with Crippen LogP contribution in [0.1, 0.15) is 39.2 Å². The molecule has 1 fully saturated rings. The molecule has 27 heavy (non-hydrogen) atoms. The van der Waals surface area contributed by atoms with Crippen LogP contribution in [-0.2, 0) is 16.0 Å². The number of imidazole rings is 1. The molecule has 1 aliphatic heterocycles. The van der Waals surface area contributed by atoms with Crippen LogP contribution in [0.5, 0.6) is 0 Å². The molecule has 0 saturated carbocycles. The van der Waals surface area contributed by atoms with Crippen molar-refractivity contribution in [3.8, 4) is 0 Å². The number of aromatic amines is 2. The van der Waals surface area contributed by atoms with Crippen molar-refractivity contribution in [3.63, 3.8) is 0 Å². The molecule has 1 aromatic carbocycles. The molecule has 2 heterocycles. The van der Waals surface area contributed by atoms with Gasteiger partial charge in [-0.25, -0.2) is 4.79 Å². The van der Waals surface area contributed by atoms with Crippen LogP contribution in [0, 0.1) is 5.41 Å². The highest BCUT2D eigenvalue weighted by Gasteiger charge is 2.25. The van der Waals surface area contributed by atoms with Crippen LogP contribution in [-0.4, -0.2) is 57.8 Å². The van der Waals surface area contributed by atoms with Gasteiger partial charge >= 0.3 is 5.69 Å². The lowest BCUT2D eigenvalue weighted by Crippen LogP contribution is -2.38. The number of benzene rings is 1. The Morgan fingerprint density at radius 3 is 2.26 bits per heavy atom. The van der Waals surface area contributed by atoms with Crippen molar-refractivity contribution in [2.45, 2.75) is 40.0 Å². The largest absolute Gasteiger partial charge is 0.341 e. The number of aromatic nitrogens is 2. The Morgan fingerprint density at radius 2 is 1.59 bits per heavy atom. The summed E-state index contributed by atoms with van der Waals surface area (Å²) in [6, 6.07) is 5.51. The average Bonchev–Trinajstić information content (AvgIpc) is 2.78. The summed E-state index contributed by atoms with van der Waals surface area (Å²) in [6.07, 6.45) is 1.61. The zero-order chi connectivity index (χ0) is 19.6. The average molecular weight is 372 g/mol. The molecule has 0 spiro atoms. The van der Waals surface area contributed by atoms with Crippen LogP contribution >= 0.6 is 0 Å². The van der Waals surface area contributed by atoms with Gasteiger partial charge in [-0.05, 0) is 29.5 Å². The molecule has 1 aromatic heterocycles. The van der Waals surface area contributed by atoms with Crippen LogP contribution < -0.4 is 5.69 Å². The monoisotopic (exact) mass is 372 g/mol. The maximum absolute atomic E-state index is 12.7. The third-order valence-corrected chi connectivity index (χ3v) is 4.82. The first-order valence-corrected chi connectivity index (χ1v) is 9.48. The molecule has 0 aliphatic carbocycles. The molecule has 0 bridgehead atoms. The van der Waals surface area contributed by atoms with E-state index in [1.165, 1.54) is 0 Å². The lowest BCUT2D eigenvalue weighted by molar-refractivity contribution is -0.134. The first-order chi connectivity index (χ1) is 12.7. The number of hydrogen-bond acceptors (Lipinski definition) is 3. The molecule has 7 heteroatoms. The summed E-state index contributed by atoms with van der Waals surface area (Å²) in [5.74, 6) is 0.219. The maximum atomic E-state index is 12.7. The number of carbonyl (C=O) groups is 2. The number of hydrogen-bond donors (Lipinski definition) is 2. The molecule has 2 aromatic rings. The van der Waals surface area contributed by atoms with E-state index < -0.39 is 0 Å². The Kier molecular flexibility index (Phi) is 5.39. The van der Waals surface area contributed by atoms with E-state index in [4.69, 9.17) is 0 Å². The molecule has 3 rings (SSSR count). The Balaban J connectivity index is 1.60. The van der Waals surface area contributed by atoms with Crippen LogP contribution in [0.3, 0.4) is 0 Å². The highest BCUT2D eigenvalue weighted by atomic mass is 16.2. The molecule has 1 aliphatic rings. The fourth-order valence-electron chi connectivity index (χ4n) is 3.46.